The normalized spacial score (nSPS) is 10.6. The fraction of sp³-hybridized carbons (Fsp3) is 0.316. The van der Waals surface area contributed by atoms with E-state index in [0.29, 0.717) is 29.5 Å². The van der Waals surface area contributed by atoms with Crippen molar-refractivity contribution in [2.24, 2.45) is 0 Å². The molecule has 2 heterocycles. The molecule has 3 aromatic rings. The first kappa shape index (κ1) is 20.7. The number of nitrogens with zero attached hydrogens (tertiary/aromatic N) is 4. The number of nitrogens with one attached hydrogen (secondary N) is 1. The van der Waals surface area contributed by atoms with Crippen molar-refractivity contribution >= 4 is 21.8 Å². The smallest absolute Gasteiger partial charge is 0.272 e. The van der Waals surface area contributed by atoms with E-state index in [1.54, 1.807) is 44.8 Å². The molecule has 0 radical (unpaired) electrons. The molecule has 0 atom stereocenters. The highest BCUT2D eigenvalue weighted by Gasteiger charge is 2.14. The van der Waals surface area contributed by atoms with E-state index in [-0.39, 0.29) is 12.6 Å². The van der Waals surface area contributed by atoms with Gasteiger partial charge in [0.1, 0.15) is 5.69 Å². The molecule has 0 aliphatic heterocycles. The zero-order chi connectivity index (χ0) is 20.8. The predicted molar refractivity (Wildman–Crippen MR) is 109 cm³/mol. The van der Waals surface area contributed by atoms with Crippen molar-refractivity contribution in [3.63, 3.8) is 0 Å². The summed E-state index contributed by atoms with van der Waals surface area (Å²) in [6.07, 6.45) is 3.38. The highest BCUT2D eigenvalue weighted by Crippen LogP contribution is 2.36. The van der Waals surface area contributed by atoms with E-state index in [4.69, 9.17) is 14.2 Å². The third-order valence-electron chi connectivity index (χ3n) is 4.21. The zero-order valence-corrected chi connectivity index (χ0v) is 18.0. The fourth-order valence-electron chi connectivity index (χ4n) is 2.74. The summed E-state index contributed by atoms with van der Waals surface area (Å²) >= 11 is 3.44. The molecule has 0 aliphatic rings. The third-order valence-corrected chi connectivity index (χ3v) is 4.87. The van der Waals surface area contributed by atoms with Crippen LogP contribution >= 0.6 is 15.9 Å². The predicted octanol–water partition coefficient (Wildman–Crippen LogP) is 2.85. The average Bonchev–Trinajstić information content (AvgIpc) is 3.36. The SMILES string of the molecule is CCn1ncc(Br)c1CNC(=O)c1ccn(COc2c(OC)cccc2OC)n1. The van der Waals surface area contributed by atoms with Crippen molar-refractivity contribution in [2.75, 3.05) is 14.2 Å². The summed E-state index contributed by atoms with van der Waals surface area (Å²) in [5.74, 6) is 1.28. The standard InChI is InChI=1S/C19H22BrN5O4/c1-4-25-15(13(20)10-22-25)11-21-19(26)14-8-9-24(23-14)12-29-18-16(27-2)6-5-7-17(18)28-3/h5-10H,4,11-12H2,1-3H3,(H,21,26). The number of aromatic nitrogens is 4. The minimum absolute atomic E-state index is 0.0954. The first-order chi connectivity index (χ1) is 14.1. The van der Waals surface area contributed by atoms with Gasteiger partial charge in [-0.25, -0.2) is 4.68 Å². The van der Waals surface area contributed by atoms with E-state index in [1.165, 1.54) is 4.68 Å². The number of halogens is 1. The molecule has 0 aliphatic carbocycles. The number of amides is 1. The van der Waals surface area contributed by atoms with Crippen LogP contribution in [-0.2, 0) is 19.8 Å². The molecule has 2 aromatic heterocycles. The maximum atomic E-state index is 12.4. The molecule has 29 heavy (non-hydrogen) atoms. The van der Waals surface area contributed by atoms with Gasteiger partial charge in [-0.15, -0.1) is 0 Å². The third kappa shape index (κ3) is 4.70. The molecule has 10 heteroatoms. The summed E-state index contributed by atoms with van der Waals surface area (Å²) in [7, 11) is 3.11. The van der Waals surface area contributed by atoms with Gasteiger partial charge in [0, 0.05) is 12.7 Å². The molecule has 0 saturated heterocycles. The van der Waals surface area contributed by atoms with Crippen LogP contribution in [0.5, 0.6) is 17.2 Å². The van der Waals surface area contributed by atoms with E-state index < -0.39 is 0 Å². The highest BCUT2D eigenvalue weighted by molar-refractivity contribution is 9.10. The van der Waals surface area contributed by atoms with Crippen molar-refractivity contribution in [1.82, 2.24) is 24.9 Å². The van der Waals surface area contributed by atoms with Gasteiger partial charge in [-0.3, -0.25) is 9.48 Å². The van der Waals surface area contributed by atoms with Gasteiger partial charge in [0.15, 0.2) is 18.2 Å². The Kier molecular flexibility index (Phi) is 6.76. The summed E-state index contributed by atoms with van der Waals surface area (Å²) < 4.78 is 20.6. The largest absolute Gasteiger partial charge is 0.493 e. The van der Waals surface area contributed by atoms with E-state index in [1.807, 2.05) is 17.7 Å². The molecule has 1 aromatic carbocycles. The number of benzene rings is 1. The molecule has 0 spiro atoms. The van der Waals surface area contributed by atoms with Crippen molar-refractivity contribution in [3.05, 3.63) is 52.5 Å². The molecular formula is C19H22BrN5O4. The van der Waals surface area contributed by atoms with Gasteiger partial charge in [-0.05, 0) is 41.1 Å². The van der Waals surface area contributed by atoms with Crippen molar-refractivity contribution in [1.29, 1.82) is 0 Å². The molecule has 1 amide bonds. The second-order valence-electron chi connectivity index (χ2n) is 5.94. The van der Waals surface area contributed by atoms with Gasteiger partial charge in [0.25, 0.3) is 5.91 Å². The Labute approximate surface area is 176 Å². The lowest BCUT2D eigenvalue weighted by atomic mass is 10.3. The molecular weight excluding hydrogens is 442 g/mol. The Morgan fingerprint density at radius 2 is 1.93 bits per heavy atom. The average molecular weight is 464 g/mol. The van der Waals surface area contributed by atoms with E-state index in [0.717, 1.165) is 16.7 Å². The van der Waals surface area contributed by atoms with E-state index in [2.05, 4.69) is 31.4 Å². The second kappa shape index (κ2) is 9.46. The van der Waals surface area contributed by atoms with Gasteiger partial charge in [0.2, 0.25) is 5.75 Å². The second-order valence-corrected chi connectivity index (χ2v) is 6.80. The van der Waals surface area contributed by atoms with Crippen LogP contribution in [0.3, 0.4) is 0 Å². The van der Waals surface area contributed by atoms with Crippen LogP contribution in [0.15, 0.2) is 41.1 Å². The fourth-order valence-corrected chi connectivity index (χ4v) is 3.17. The van der Waals surface area contributed by atoms with Gasteiger partial charge >= 0.3 is 0 Å². The van der Waals surface area contributed by atoms with Gasteiger partial charge in [0.05, 0.1) is 37.1 Å². The van der Waals surface area contributed by atoms with Crippen LogP contribution in [0.25, 0.3) is 0 Å². The van der Waals surface area contributed by atoms with Gasteiger partial charge in [-0.1, -0.05) is 6.07 Å². The minimum atomic E-state index is -0.283. The summed E-state index contributed by atoms with van der Waals surface area (Å²) in [6.45, 7) is 3.14. The molecule has 0 unspecified atom stereocenters. The lowest BCUT2D eigenvalue weighted by molar-refractivity contribution is 0.0942. The highest BCUT2D eigenvalue weighted by atomic mass is 79.9. The van der Waals surface area contributed by atoms with E-state index in [9.17, 15) is 4.79 Å². The Morgan fingerprint density at radius 1 is 1.21 bits per heavy atom. The number of aryl methyl sites for hydroxylation is 1. The Morgan fingerprint density at radius 3 is 2.59 bits per heavy atom. The lowest BCUT2D eigenvalue weighted by Crippen LogP contribution is -2.25. The van der Waals surface area contributed by atoms with Gasteiger partial charge < -0.3 is 19.5 Å². The number of carbonyl (C=O) groups is 1. The van der Waals surface area contributed by atoms with Gasteiger partial charge in [-0.2, -0.15) is 10.2 Å². The summed E-state index contributed by atoms with van der Waals surface area (Å²) in [6, 6.07) is 6.99. The number of para-hydroxylation sites is 1. The number of ether oxygens (including phenoxy) is 3. The maximum absolute atomic E-state index is 12.4. The molecule has 9 nitrogen and oxygen atoms in total. The molecule has 3 rings (SSSR count). The molecule has 154 valence electrons. The van der Waals surface area contributed by atoms with Crippen LogP contribution < -0.4 is 19.5 Å². The van der Waals surface area contributed by atoms with E-state index >= 15 is 0 Å². The summed E-state index contributed by atoms with van der Waals surface area (Å²) in [5, 5.41) is 11.4. The Bertz CT molecular complexity index is 963. The monoisotopic (exact) mass is 463 g/mol. The Balaban J connectivity index is 1.62. The Hall–Kier alpha value is -3.01. The summed E-state index contributed by atoms with van der Waals surface area (Å²) in [5.41, 5.74) is 1.19. The number of methoxy groups -OCH3 is 2. The first-order valence-corrected chi connectivity index (χ1v) is 9.72. The van der Waals surface area contributed by atoms with Crippen LogP contribution in [0, 0.1) is 0 Å². The minimum Gasteiger partial charge on any atom is -0.493 e. The van der Waals surface area contributed by atoms with Crippen LogP contribution in [0.2, 0.25) is 0 Å². The maximum Gasteiger partial charge on any atom is 0.272 e. The quantitative estimate of drug-likeness (QED) is 0.524. The molecule has 0 fully saturated rings. The molecule has 1 N–H and O–H groups in total. The van der Waals surface area contributed by atoms with Crippen LogP contribution in [0.4, 0.5) is 0 Å². The topological polar surface area (TPSA) is 92.4 Å². The number of hydrogen-bond acceptors (Lipinski definition) is 6. The van der Waals surface area contributed by atoms with Crippen molar-refractivity contribution < 1.29 is 19.0 Å². The molecule has 0 saturated carbocycles. The van der Waals surface area contributed by atoms with Crippen LogP contribution in [-0.4, -0.2) is 39.7 Å². The number of hydrogen-bond donors (Lipinski definition) is 1. The zero-order valence-electron chi connectivity index (χ0n) is 16.4. The van der Waals surface area contributed by atoms with Crippen molar-refractivity contribution in [3.8, 4) is 17.2 Å². The number of rotatable bonds is 9. The lowest BCUT2D eigenvalue weighted by Gasteiger charge is -2.13. The molecule has 0 bridgehead atoms. The van der Waals surface area contributed by atoms with Crippen molar-refractivity contribution in [2.45, 2.75) is 26.7 Å². The number of carbonyl (C=O) groups excluding carboxylic acids is 1. The summed E-state index contributed by atoms with van der Waals surface area (Å²) in [4.78, 5) is 12.4. The van der Waals surface area contributed by atoms with Crippen LogP contribution in [0.1, 0.15) is 23.1 Å². The first-order valence-electron chi connectivity index (χ1n) is 8.93.